The molecule has 1 aliphatic heterocycles. The molecule has 1 atom stereocenters. The van der Waals surface area contributed by atoms with Crippen molar-refractivity contribution in [2.24, 2.45) is 5.92 Å². The van der Waals surface area contributed by atoms with Crippen LogP contribution in [0.3, 0.4) is 0 Å². The van der Waals surface area contributed by atoms with Crippen molar-refractivity contribution < 1.29 is 9.53 Å². The predicted octanol–water partition coefficient (Wildman–Crippen LogP) is 3.03. The molecule has 0 fully saturated rings. The molecule has 0 radical (unpaired) electrons. The van der Waals surface area contributed by atoms with Gasteiger partial charge < -0.3 is 10.1 Å². The molecule has 0 saturated heterocycles. The molecule has 24 heavy (non-hydrogen) atoms. The first-order valence-electron chi connectivity index (χ1n) is 7.66. The standard InChI is InChI=1S/C16H18BrN5O2/c1-9(2)8-24-15(23)13-10(3)22-16(19-20-21-22)18-14(13)11-4-6-12(17)7-5-11/h4-7,9,14H,8H2,1-3H3,(H,18,19,21). The molecule has 0 spiro atoms. The second-order valence-electron chi connectivity index (χ2n) is 6.03. The maximum absolute atomic E-state index is 12.7. The predicted molar refractivity (Wildman–Crippen MR) is 93.0 cm³/mol. The molecule has 1 aliphatic rings. The van der Waals surface area contributed by atoms with Crippen molar-refractivity contribution in [2.75, 3.05) is 11.9 Å². The van der Waals surface area contributed by atoms with E-state index in [4.69, 9.17) is 4.74 Å². The number of aromatic nitrogens is 4. The second kappa shape index (κ2) is 6.72. The van der Waals surface area contributed by atoms with Gasteiger partial charge in [0.15, 0.2) is 0 Å². The molecule has 126 valence electrons. The molecule has 1 aromatic carbocycles. The molecule has 0 aliphatic carbocycles. The molecule has 0 bridgehead atoms. The average Bonchev–Trinajstić information content (AvgIpc) is 3.02. The van der Waals surface area contributed by atoms with E-state index in [1.54, 1.807) is 0 Å². The Kier molecular flexibility index (Phi) is 4.66. The number of anilines is 1. The third-order valence-corrected chi connectivity index (χ3v) is 4.24. The Bertz CT molecular complexity index is 782. The number of carbonyl (C=O) groups is 1. The smallest absolute Gasteiger partial charge is 0.338 e. The van der Waals surface area contributed by atoms with Crippen LogP contribution >= 0.6 is 15.9 Å². The van der Waals surface area contributed by atoms with Gasteiger partial charge in [-0.25, -0.2) is 4.79 Å². The highest BCUT2D eigenvalue weighted by Gasteiger charge is 2.33. The van der Waals surface area contributed by atoms with E-state index in [2.05, 4.69) is 36.8 Å². The Morgan fingerprint density at radius 2 is 2.08 bits per heavy atom. The Labute approximate surface area is 148 Å². The fourth-order valence-corrected chi connectivity index (χ4v) is 2.78. The van der Waals surface area contributed by atoms with Gasteiger partial charge in [-0.3, -0.25) is 0 Å². The molecule has 1 N–H and O–H groups in total. The first kappa shape index (κ1) is 16.6. The second-order valence-corrected chi connectivity index (χ2v) is 6.95. The summed E-state index contributed by atoms with van der Waals surface area (Å²) in [5.74, 6) is 0.407. The van der Waals surface area contributed by atoms with Gasteiger partial charge in [0.1, 0.15) is 0 Å². The molecule has 3 rings (SSSR count). The van der Waals surface area contributed by atoms with Crippen molar-refractivity contribution in [3.8, 4) is 0 Å². The quantitative estimate of drug-likeness (QED) is 0.806. The number of nitrogens with one attached hydrogen (secondary N) is 1. The summed E-state index contributed by atoms with van der Waals surface area (Å²) < 4.78 is 7.94. The highest BCUT2D eigenvalue weighted by atomic mass is 79.9. The number of carbonyl (C=O) groups excluding carboxylic acids is 1. The Balaban J connectivity index is 2.01. The van der Waals surface area contributed by atoms with Crippen molar-refractivity contribution >= 4 is 33.5 Å². The number of hydrogen-bond acceptors (Lipinski definition) is 6. The summed E-state index contributed by atoms with van der Waals surface area (Å²) in [5, 5.41) is 14.8. The summed E-state index contributed by atoms with van der Waals surface area (Å²) >= 11 is 3.43. The van der Waals surface area contributed by atoms with E-state index in [0.717, 1.165) is 10.0 Å². The van der Waals surface area contributed by atoms with Gasteiger partial charge in [0.25, 0.3) is 0 Å². The van der Waals surface area contributed by atoms with Gasteiger partial charge in [0.05, 0.1) is 23.9 Å². The topological polar surface area (TPSA) is 81.9 Å². The number of allylic oxidation sites excluding steroid dienone is 1. The van der Waals surface area contributed by atoms with Gasteiger partial charge in [-0.1, -0.05) is 47.0 Å². The van der Waals surface area contributed by atoms with Crippen LogP contribution in [0.4, 0.5) is 5.95 Å². The molecule has 2 aromatic rings. The van der Waals surface area contributed by atoms with E-state index in [1.165, 1.54) is 4.68 Å². The minimum absolute atomic E-state index is 0.265. The highest BCUT2D eigenvalue weighted by Crippen LogP contribution is 2.35. The lowest BCUT2D eigenvalue weighted by Crippen LogP contribution is -2.29. The van der Waals surface area contributed by atoms with Crippen molar-refractivity contribution in [3.05, 3.63) is 39.9 Å². The molecular weight excluding hydrogens is 374 g/mol. The summed E-state index contributed by atoms with van der Waals surface area (Å²) in [6.07, 6.45) is 0. The maximum atomic E-state index is 12.7. The van der Waals surface area contributed by atoms with E-state index < -0.39 is 0 Å². The summed E-state index contributed by atoms with van der Waals surface area (Å²) in [7, 11) is 0. The number of fused-ring (bicyclic) bond motifs is 1. The fraction of sp³-hybridized carbons (Fsp3) is 0.375. The zero-order valence-corrected chi connectivity index (χ0v) is 15.2. The Hall–Kier alpha value is -2.22. The van der Waals surface area contributed by atoms with E-state index >= 15 is 0 Å². The highest BCUT2D eigenvalue weighted by molar-refractivity contribution is 9.10. The van der Waals surface area contributed by atoms with Crippen molar-refractivity contribution in [3.63, 3.8) is 0 Å². The first-order chi connectivity index (χ1) is 11.5. The minimum Gasteiger partial charge on any atom is -0.462 e. The van der Waals surface area contributed by atoms with Crippen molar-refractivity contribution in [2.45, 2.75) is 26.8 Å². The molecule has 1 aromatic heterocycles. The lowest BCUT2D eigenvalue weighted by molar-refractivity contribution is -0.140. The number of ether oxygens (including phenoxy) is 1. The van der Waals surface area contributed by atoms with Gasteiger partial charge in [-0.15, -0.1) is 0 Å². The molecule has 8 heteroatoms. The summed E-state index contributed by atoms with van der Waals surface area (Å²) in [5.41, 5.74) is 2.11. The third-order valence-electron chi connectivity index (χ3n) is 3.71. The van der Waals surface area contributed by atoms with Crippen LogP contribution < -0.4 is 5.32 Å². The van der Waals surface area contributed by atoms with Gasteiger partial charge in [0.2, 0.25) is 5.95 Å². The number of tetrazole rings is 1. The molecule has 2 heterocycles. The molecule has 0 saturated carbocycles. The van der Waals surface area contributed by atoms with Gasteiger partial charge in [-0.2, -0.15) is 4.68 Å². The van der Waals surface area contributed by atoms with Gasteiger partial charge in [-0.05, 0) is 41.0 Å². The first-order valence-corrected chi connectivity index (χ1v) is 8.45. The maximum Gasteiger partial charge on any atom is 0.338 e. The van der Waals surface area contributed by atoms with Crippen LogP contribution in [-0.4, -0.2) is 32.8 Å². The number of nitrogens with zero attached hydrogens (tertiary/aromatic N) is 4. The SMILES string of the molecule is CC1=C(C(=O)OCC(C)C)C(c2ccc(Br)cc2)Nc2nnnn21. The number of halogens is 1. The minimum atomic E-state index is -0.365. The van der Waals surface area contributed by atoms with E-state index in [9.17, 15) is 4.79 Å². The lowest BCUT2D eigenvalue weighted by atomic mass is 9.96. The summed E-state index contributed by atoms with van der Waals surface area (Å²) in [6.45, 7) is 6.18. The largest absolute Gasteiger partial charge is 0.462 e. The molecule has 7 nitrogen and oxygen atoms in total. The Morgan fingerprint density at radius 3 is 2.75 bits per heavy atom. The van der Waals surface area contributed by atoms with Crippen molar-refractivity contribution in [1.82, 2.24) is 20.2 Å². The normalized spacial score (nSPS) is 16.8. The molecule has 1 unspecified atom stereocenters. The summed E-state index contributed by atoms with van der Waals surface area (Å²) in [6, 6.07) is 7.40. The van der Waals surface area contributed by atoms with E-state index in [0.29, 0.717) is 23.8 Å². The summed E-state index contributed by atoms with van der Waals surface area (Å²) in [4.78, 5) is 12.7. The Morgan fingerprint density at radius 1 is 1.38 bits per heavy atom. The van der Waals surface area contributed by atoms with E-state index in [-0.39, 0.29) is 17.9 Å². The van der Waals surface area contributed by atoms with Crippen LogP contribution in [0.25, 0.3) is 5.70 Å². The average molecular weight is 392 g/mol. The van der Waals surface area contributed by atoms with Crippen LogP contribution in [0, 0.1) is 5.92 Å². The molecular formula is C16H18BrN5O2. The van der Waals surface area contributed by atoms with Crippen LogP contribution in [0.5, 0.6) is 0 Å². The third kappa shape index (κ3) is 3.19. The number of benzene rings is 1. The van der Waals surface area contributed by atoms with Crippen LogP contribution in [0.1, 0.15) is 32.4 Å². The molecule has 0 amide bonds. The fourth-order valence-electron chi connectivity index (χ4n) is 2.52. The number of esters is 1. The van der Waals surface area contributed by atoms with Crippen LogP contribution in [0.2, 0.25) is 0 Å². The zero-order valence-electron chi connectivity index (χ0n) is 13.7. The van der Waals surface area contributed by atoms with Gasteiger partial charge >= 0.3 is 5.97 Å². The monoisotopic (exact) mass is 391 g/mol. The van der Waals surface area contributed by atoms with Gasteiger partial charge in [0, 0.05) is 4.47 Å². The lowest BCUT2D eigenvalue weighted by Gasteiger charge is -2.27. The number of hydrogen-bond donors (Lipinski definition) is 1. The number of rotatable bonds is 4. The zero-order chi connectivity index (χ0) is 17.3. The van der Waals surface area contributed by atoms with Crippen LogP contribution in [0.15, 0.2) is 34.3 Å². The van der Waals surface area contributed by atoms with E-state index in [1.807, 2.05) is 45.0 Å². The van der Waals surface area contributed by atoms with Crippen LogP contribution in [-0.2, 0) is 9.53 Å². The van der Waals surface area contributed by atoms with Crippen molar-refractivity contribution in [1.29, 1.82) is 0 Å².